The highest BCUT2D eigenvalue weighted by molar-refractivity contribution is 4.65. The molecule has 32 valence electrons. The highest BCUT2D eigenvalue weighted by Gasteiger charge is 1.65. The van der Waals surface area contributed by atoms with E-state index in [2.05, 4.69) is 0 Å². The van der Waals surface area contributed by atoms with Crippen LogP contribution < -0.4 is 0 Å². The van der Waals surface area contributed by atoms with Gasteiger partial charge in [0.15, 0.2) is 0 Å². The molecule has 0 bridgehead atoms. The Morgan fingerprint density at radius 2 is 2.17 bits per heavy atom. The lowest BCUT2D eigenvalue weighted by atomic mass is 10.4. The molecule has 0 aliphatic rings. The number of nitrogens with zero attached hydrogens (tertiary/aromatic N) is 1. The van der Waals surface area contributed by atoms with E-state index in [4.69, 9.17) is 5.26 Å². The number of hydrogen-bond donors (Lipinski definition) is 0. The Labute approximate surface area is 39.6 Å². The monoisotopic (exact) mass is 81.1 g/mol. The molecule has 4 radical (unpaired) electrons. The van der Waals surface area contributed by atoms with Gasteiger partial charge in [-0.2, -0.15) is 5.26 Å². The van der Waals surface area contributed by atoms with Gasteiger partial charge < -0.3 is 0 Å². The summed E-state index contributed by atoms with van der Waals surface area (Å²) in [5, 5.41) is 7.82. The van der Waals surface area contributed by atoms with E-state index in [-0.39, 0.29) is 7.43 Å². The highest BCUT2D eigenvalue weighted by Crippen LogP contribution is 1.77. The first kappa shape index (κ1) is 9.09. The fourth-order valence-electron chi connectivity index (χ4n) is 0.112. The molecule has 0 heterocycles. The summed E-state index contributed by atoms with van der Waals surface area (Å²) >= 11 is 0. The van der Waals surface area contributed by atoms with Crippen LogP contribution in [0.1, 0.15) is 19.8 Å². The Hall–Kier alpha value is -0.510. The fraction of sp³-hybridized carbons (Fsp3) is 0.600. The molecule has 0 amide bonds. The minimum atomic E-state index is 0. The largest absolute Gasteiger partial charge is 0.198 e. The zero-order valence-electron chi connectivity index (χ0n) is 3.86. The second-order valence-corrected chi connectivity index (χ2v) is 0.908. The van der Waals surface area contributed by atoms with E-state index in [0.29, 0.717) is 6.42 Å². The van der Waals surface area contributed by atoms with Gasteiger partial charge in [0.25, 0.3) is 0 Å². The van der Waals surface area contributed by atoms with Crippen LogP contribution in [0.25, 0.3) is 0 Å². The molecule has 0 aromatic heterocycles. The summed E-state index contributed by atoms with van der Waals surface area (Å²) in [5.74, 6) is 0. The third-order valence-electron chi connectivity index (χ3n) is 0.362. The predicted molar refractivity (Wildman–Crippen MR) is 23.8 cm³/mol. The van der Waals surface area contributed by atoms with Gasteiger partial charge >= 0.3 is 0 Å². The van der Waals surface area contributed by atoms with Crippen molar-refractivity contribution in [3.05, 3.63) is 7.43 Å². The Balaban J connectivity index is 0. The van der Waals surface area contributed by atoms with Crippen molar-refractivity contribution in [1.82, 2.24) is 0 Å². The molecule has 0 aromatic rings. The molecule has 0 N–H and O–H groups in total. The molecule has 1 heteroatoms. The molecule has 0 rings (SSSR count). The number of unbranched alkanes of at least 4 members (excludes halogenated alkanes) is 1. The summed E-state index contributed by atoms with van der Waals surface area (Å²) in [4.78, 5) is 0. The van der Waals surface area contributed by atoms with Gasteiger partial charge in [-0.25, -0.2) is 0 Å². The highest BCUT2D eigenvalue weighted by atomic mass is 14.2. The van der Waals surface area contributed by atoms with Crippen molar-refractivity contribution < 1.29 is 0 Å². The quantitative estimate of drug-likeness (QED) is 0.468. The topological polar surface area (TPSA) is 23.8 Å². The van der Waals surface area contributed by atoms with E-state index in [9.17, 15) is 0 Å². The van der Waals surface area contributed by atoms with Crippen LogP contribution in [-0.4, -0.2) is 0 Å². The third-order valence-corrected chi connectivity index (χ3v) is 0.362. The molecular formula is C5H7N. The minimum Gasteiger partial charge on any atom is -0.198 e. The van der Waals surface area contributed by atoms with Gasteiger partial charge in [-0.3, -0.25) is 0 Å². The van der Waals surface area contributed by atoms with Gasteiger partial charge in [-0.05, 0) is 6.42 Å². The van der Waals surface area contributed by atoms with E-state index in [1.807, 2.05) is 13.0 Å². The molecule has 0 fully saturated rings. The van der Waals surface area contributed by atoms with Crippen LogP contribution in [0, 0.1) is 18.8 Å². The molecular weight excluding hydrogens is 74.1 g/mol. The molecule has 6 heavy (non-hydrogen) atoms. The van der Waals surface area contributed by atoms with Crippen LogP contribution in [0.4, 0.5) is 0 Å². The van der Waals surface area contributed by atoms with Gasteiger partial charge in [-0.1, -0.05) is 6.92 Å². The Kier molecular flexibility index (Phi) is 13.4. The van der Waals surface area contributed by atoms with E-state index in [0.717, 1.165) is 6.42 Å². The first-order valence-electron chi connectivity index (χ1n) is 1.78. The molecule has 0 aromatic carbocycles. The zero-order valence-corrected chi connectivity index (χ0v) is 3.86. The number of nitriles is 1. The molecule has 0 aliphatic heterocycles. The van der Waals surface area contributed by atoms with Crippen LogP contribution in [0.3, 0.4) is 0 Å². The molecule has 0 saturated carbocycles. The van der Waals surface area contributed by atoms with E-state index >= 15 is 0 Å². The van der Waals surface area contributed by atoms with Gasteiger partial charge in [0, 0.05) is 13.8 Å². The number of rotatable bonds is 1. The Morgan fingerprint density at radius 3 is 2.17 bits per heavy atom. The van der Waals surface area contributed by atoms with Crippen LogP contribution in [0.15, 0.2) is 0 Å². The second kappa shape index (κ2) is 8.82. The SMILES string of the molecule is CCCC#N.[C]. The maximum absolute atomic E-state index is 7.82. The van der Waals surface area contributed by atoms with Gasteiger partial charge in [0.1, 0.15) is 0 Å². The molecule has 1 nitrogen and oxygen atoms in total. The maximum atomic E-state index is 7.82. The first-order chi connectivity index (χ1) is 2.41. The summed E-state index contributed by atoms with van der Waals surface area (Å²) in [6.45, 7) is 1.99. The summed E-state index contributed by atoms with van der Waals surface area (Å²) in [6.07, 6.45) is 1.68. The van der Waals surface area contributed by atoms with Crippen molar-refractivity contribution in [3.8, 4) is 6.07 Å². The van der Waals surface area contributed by atoms with Crippen LogP contribution in [-0.2, 0) is 0 Å². The zero-order chi connectivity index (χ0) is 4.12. The van der Waals surface area contributed by atoms with E-state index in [1.54, 1.807) is 0 Å². The lowest BCUT2D eigenvalue weighted by molar-refractivity contribution is 0.969. The maximum Gasteiger partial charge on any atom is 0.0621 e. The average molecular weight is 81.1 g/mol. The van der Waals surface area contributed by atoms with E-state index < -0.39 is 0 Å². The van der Waals surface area contributed by atoms with Crippen molar-refractivity contribution in [3.63, 3.8) is 0 Å². The lowest BCUT2D eigenvalue weighted by Gasteiger charge is -1.65. The fourth-order valence-corrected chi connectivity index (χ4v) is 0.112. The van der Waals surface area contributed by atoms with Crippen molar-refractivity contribution in [2.24, 2.45) is 0 Å². The molecule has 0 unspecified atom stereocenters. The summed E-state index contributed by atoms with van der Waals surface area (Å²) < 4.78 is 0. The van der Waals surface area contributed by atoms with Crippen LogP contribution in [0.2, 0.25) is 0 Å². The van der Waals surface area contributed by atoms with Crippen LogP contribution >= 0.6 is 0 Å². The number of hydrogen-bond acceptors (Lipinski definition) is 1. The first-order valence-corrected chi connectivity index (χ1v) is 1.78. The standard InChI is InChI=1S/C4H7N.C/c1-2-3-4-5;/h2-3H2,1H3;. The molecule has 0 atom stereocenters. The molecule has 0 saturated heterocycles. The smallest absolute Gasteiger partial charge is 0.0621 e. The van der Waals surface area contributed by atoms with Gasteiger partial charge in [0.05, 0.1) is 6.07 Å². The summed E-state index contributed by atoms with van der Waals surface area (Å²) in [7, 11) is 0. The van der Waals surface area contributed by atoms with Crippen molar-refractivity contribution in [1.29, 1.82) is 5.26 Å². The Morgan fingerprint density at radius 1 is 1.67 bits per heavy atom. The Bertz CT molecular complexity index is 42.4. The minimum absolute atomic E-state index is 0. The summed E-state index contributed by atoms with van der Waals surface area (Å²) in [5.41, 5.74) is 0. The molecule has 0 spiro atoms. The van der Waals surface area contributed by atoms with Crippen molar-refractivity contribution in [2.75, 3.05) is 0 Å². The van der Waals surface area contributed by atoms with Crippen LogP contribution in [0.5, 0.6) is 0 Å². The van der Waals surface area contributed by atoms with E-state index in [1.165, 1.54) is 0 Å². The predicted octanol–water partition coefficient (Wildman–Crippen LogP) is 1.39. The second-order valence-electron chi connectivity index (χ2n) is 0.908. The average Bonchev–Trinajstić information content (AvgIpc) is 1.41. The third kappa shape index (κ3) is 9.75. The summed E-state index contributed by atoms with van der Waals surface area (Å²) in [6, 6.07) is 2.02. The van der Waals surface area contributed by atoms with Crippen molar-refractivity contribution in [2.45, 2.75) is 19.8 Å². The molecule has 0 aliphatic carbocycles. The van der Waals surface area contributed by atoms with Gasteiger partial charge in [0.2, 0.25) is 0 Å². The lowest BCUT2D eigenvalue weighted by Crippen LogP contribution is -1.53. The normalized spacial score (nSPS) is 5.33. The van der Waals surface area contributed by atoms with Crippen molar-refractivity contribution >= 4 is 0 Å². The van der Waals surface area contributed by atoms with Gasteiger partial charge in [-0.15, -0.1) is 0 Å².